The van der Waals surface area contributed by atoms with Crippen molar-refractivity contribution in [3.8, 4) is 11.5 Å². The third-order valence-electron chi connectivity index (χ3n) is 2.87. The summed E-state index contributed by atoms with van der Waals surface area (Å²) < 4.78 is 59.1. The normalized spacial score (nSPS) is 19.6. The lowest BCUT2D eigenvalue weighted by Crippen LogP contribution is -2.25. The second kappa shape index (κ2) is 5.88. The Morgan fingerprint density at radius 3 is 2.50 bits per heavy atom. The molecule has 1 aromatic carbocycles. The minimum Gasteiger partial charge on any atom is -0.497 e. The molecule has 0 spiro atoms. The van der Waals surface area contributed by atoms with Crippen LogP contribution in [0.25, 0.3) is 0 Å². The Balaban J connectivity index is 2.26. The maximum absolute atomic E-state index is 13.1. The van der Waals surface area contributed by atoms with E-state index < -0.39 is 12.3 Å². The number of ether oxygens (including phenoxy) is 4. The van der Waals surface area contributed by atoms with Gasteiger partial charge in [-0.05, 0) is 12.1 Å². The highest BCUT2D eigenvalue weighted by Crippen LogP contribution is 2.41. The van der Waals surface area contributed by atoms with Gasteiger partial charge in [0, 0.05) is 11.6 Å². The van der Waals surface area contributed by atoms with Crippen LogP contribution in [-0.2, 0) is 9.47 Å². The van der Waals surface area contributed by atoms with Crippen LogP contribution < -0.4 is 9.47 Å². The summed E-state index contributed by atoms with van der Waals surface area (Å²) in [7, 11) is 2.73. The first kappa shape index (κ1) is 14.9. The van der Waals surface area contributed by atoms with Crippen molar-refractivity contribution in [2.24, 2.45) is 0 Å². The van der Waals surface area contributed by atoms with Gasteiger partial charge in [-0.25, -0.2) is 0 Å². The molecule has 2 rings (SSSR count). The molecule has 4 nitrogen and oxygen atoms in total. The van der Waals surface area contributed by atoms with E-state index in [1.54, 1.807) is 0 Å². The molecule has 0 saturated carbocycles. The summed E-state index contributed by atoms with van der Waals surface area (Å²) in [6.07, 6.45) is -6.83. The minimum atomic E-state index is -4.53. The van der Waals surface area contributed by atoms with Crippen molar-refractivity contribution in [1.29, 1.82) is 0 Å². The summed E-state index contributed by atoms with van der Waals surface area (Å²) in [6, 6.07) is 4.13. The second-order valence-electron chi connectivity index (χ2n) is 4.32. The molecule has 1 heterocycles. The van der Waals surface area contributed by atoms with Gasteiger partial charge in [-0.1, -0.05) is 0 Å². The van der Waals surface area contributed by atoms with E-state index in [2.05, 4.69) is 0 Å². The van der Waals surface area contributed by atoms with E-state index in [1.165, 1.54) is 32.4 Å². The molecule has 0 radical (unpaired) electrons. The van der Waals surface area contributed by atoms with E-state index in [-0.39, 0.29) is 24.0 Å². The quantitative estimate of drug-likeness (QED) is 0.756. The zero-order valence-electron chi connectivity index (χ0n) is 11.1. The van der Waals surface area contributed by atoms with Gasteiger partial charge < -0.3 is 18.9 Å². The smallest absolute Gasteiger partial charge is 0.418 e. The van der Waals surface area contributed by atoms with E-state index in [1.807, 2.05) is 0 Å². The van der Waals surface area contributed by atoms with Gasteiger partial charge in [0.15, 0.2) is 6.10 Å². The van der Waals surface area contributed by atoms with E-state index >= 15 is 0 Å². The molecule has 112 valence electrons. The summed E-state index contributed by atoms with van der Waals surface area (Å²) in [6.45, 7) is 0.337. The van der Waals surface area contributed by atoms with Crippen LogP contribution in [0.2, 0.25) is 0 Å². The van der Waals surface area contributed by atoms with Gasteiger partial charge in [0.25, 0.3) is 0 Å². The lowest BCUT2D eigenvalue weighted by Gasteiger charge is -2.23. The molecule has 0 aliphatic carbocycles. The van der Waals surface area contributed by atoms with Crippen molar-refractivity contribution in [3.63, 3.8) is 0 Å². The first-order valence-electron chi connectivity index (χ1n) is 5.97. The molecule has 1 saturated heterocycles. The highest BCUT2D eigenvalue weighted by Gasteiger charge is 2.44. The number of methoxy groups -OCH3 is 2. The highest BCUT2D eigenvalue weighted by atomic mass is 19.4. The maximum Gasteiger partial charge on any atom is 0.418 e. The Morgan fingerprint density at radius 1 is 1.30 bits per heavy atom. The van der Waals surface area contributed by atoms with Gasteiger partial charge in [-0.2, -0.15) is 13.2 Å². The number of alkyl halides is 3. The van der Waals surface area contributed by atoms with E-state index in [0.29, 0.717) is 12.4 Å². The predicted molar refractivity (Wildman–Crippen MR) is 64.0 cm³/mol. The molecule has 1 aromatic rings. The van der Waals surface area contributed by atoms with E-state index in [0.717, 1.165) is 0 Å². The second-order valence-corrected chi connectivity index (χ2v) is 4.32. The highest BCUT2D eigenvalue weighted by molar-refractivity contribution is 5.42. The van der Waals surface area contributed by atoms with Gasteiger partial charge in [-0.15, -0.1) is 0 Å². The van der Waals surface area contributed by atoms with Crippen molar-refractivity contribution in [3.05, 3.63) is 23.8 Å². The van der Waals surface area contributed by atoms with Gasteiger partial charge in [0.2, 0.25) is 0 Å². The zero-order valence-corrected chi connectivity index (χ0v) is 11.1. The number of hydrogen-bond donors (Lipinski definition) is 0. The summed E-state index contributed by atoms with van der Waals surface area (Å²) >= 11 is 0. The zero-order chi connectivity index (χ0) is 14.8. The Kier molecular flexibility index (Phi) is 4.39. The molecule has 1 fully saturated rings. The average molecular weight is 292 g/mol. The molecular weight excluding hydrogens is 277 g/mol. The van der Waals surface area contributed by atoms with Crippen LogP contribution in [0.4, 0.5) is 13.2 Å². The Labute approximate surface area is 114 Å². The van der Waals surface area contributed by atoms with Gasteiger partial charge >= 0.3 is 6.18 Å². The fraction of sp³-hybridized carbons (Fsp3) is 0.538. The molecule has 0 unspecified atom stereocenters. The molecular formula is C13H15F3O4. The van der Waals surface area contributed by atoms with Crippen LogP contribution in [0.3, 0.4) is 0 Å². The van der Waals surface area contributed by atoms with Gasteiger partial charge in [0.05, 0.1) is 27.4 Å². The lowest BCUT2D eigenvalue weighted by molar-refractivity contribution is -0.225. The predicted octanol–water partition coefficient (Wildman–Crippen LogP) is 2.72. The molecule has 7 heteroatoms. The fourth-order valence-electron chi connectivity index (χ4n) is 1.76. The number of epoxide rings is 1. The van der Waals surface area contributed by atoms with E-state index in [4.69, 9.17) is 18.9 Å². The minimum absolute atomic E-state index is 0.0726. The molecule has 0 bridgehead atoms. The van der Waals surface area contributed by atoms with Gasteiger partial charge in [-0.3, -0.25) is 0 Å². The molecule has 20 heavy (non-hydrogen) atoms. The van der Waals surface area contributed by atoms with Crippen LogP contribution >= 0.6 is 0 Å². The molecule has 1 aliphatic rings. The van der Waals surface area contributed by atoms with Crippen LogP contribution in [-0.4, -0.2) is 39.7 Å². The summed E-state index contributed by atoms with van der Waals surface area (Å²) in [4.78, 5) is 0. The maximum atomic E-state index is 13.1. The SMILES string of the molecule is COc1ccc([C@@H](OC[C@@H]2CO2)C(F)(F)F)c(OC)c1. The standard InChI is InChI=1S/C13H15F3O4/c1-17-8-3-4-10(11(5-8)18-2)12(13(14,15)16)20-7-9-6-19-9/h3-5,9,12H,6-7H2,1-2H3/t9-,12+/m0/s1. The fourth-order valence-corrected chi connectivity index (χ4v) is 1.76. The van der Waals surface area contributed by atoms with Crippen molar-refractivity contribution in [2.75, 3.05) is 27.4 Å². The first-order chi connectivity index (χ1) is 9.45. The number of hydrogen-bond acceptors (Lipinski definition) is 4. The third kappa shape index (κ3) is 3.55. The summed E-state index contributed by atoms with van der Waals surface area (Å²) in [5, 5.41) is 0. The monoisotopic (exact) mass is 292 g/mol. The van der Waals surface area contributed by atoms with Gasteiger partial charge in [0.1, 0.15) is 17.6 Å². The first-order valence-corrected chi connectivity index (χ1v) is 5.97. The Hall–Kier alpha value is -1.47. The Bertz CT molecular complexity index is 457. The largest absolute Gasteiger partial charge is 0.497 e. The van der Waals surface area contributed by atoms with Crippen molar-refractivity contribution < 1.29 is 32.1 Å². The summed E-state index contributed by atoms with van der Waals surface area (Å²) in [5.74, 6) is 0.487. The van der Waals surface area contributed by atoms with Crippen LogP contribution in [0.15, 0.2) is 18.2 Å². The van der Waals surface area contributed by atoms with Crippen molar-refractivity contribution >= 4 is 0 Å². The molecule has 0 N–H and O–H groups in total. The molecule has 0 aromatic heterocycles. The van der Waals surface area contributed by atoms with Crippen LogP contribution in [0.5, 0.6) is 11.5 Å². The topological polar surface area (TPSA) is 40.2 Å². The van der Waals surface area contributed by atoms with Crippen molar-refractivity contribution in [1.82, 2.24) is 0 Å². The number of halogens is 3. The van der Waals surface area contributed by atoms with Crippen molar-refractivity contribution in [2.45, 2.75) is 18.4 Å². The van der Waals surface area contributed by atoms with Crippen LogP contribution in [0, 0.1) is 0 Å². The summed E-state index contributed by atoms with van der Waals surface area (Å²) in [5.41, 5.74) is -0.0820. The third-order valence-corrected chi connectivity index (χ3v) is 2.87. The number of rotatable bonds is 6. The molecule has 1 aliphatic heterocycles. The average Bonchev–Trinajstić information content (AvgIpc) is 3.21. The lowest BCUT2D eigenvalue weighted by atomic mass is 10.1. The Morgan fingerprint density at radius 2 is 2.00 bits per heavy atom. The van der Waals surface area contributed by atoms with E-state index in [9.17, 15) is 13.2 Å². The molecule has 2 atom stereocenters. The number of benzene rings is 1. The molecule has 0 amide bonds. The van der Waals surface area contributed by atoms with Crippen LogP contribution in [0.1, 0.15) is 11.7 Å².